The van der Waals surface area contributed by atoms with Gasteiger partial charge in [-0.3, -0.25) is 4.79 Å². The van der Waals surface area contributed by atoms with E-state index in [9.17, 15) is 4.79 Å². The second-order valence-electron chi connectivity index (χ2n) is 6.06. The Morgan fingerprint density at radius 3 is 2.48 bits per heavy atom. The van der Waals surface area contributed by atoms with Crippen LogP contribution in [-0.4, -0.2) is 29.0 Å². The molecule has 0 atom stereocenters. The Labute approximate surface area is 127 Å². The number of amides is 1. The van der Waals surface area contributed by atoms with Gasteiger partial charge in [0.2, 0.25) is 0 Å². The standard InChI is InChI=1S/C16H26N4O/c1-11(2)15-18-10-13(17-3)14(20-15)16(21)19-12-8-6-4-5-7-9-12/h10-12,17H,4-9H2,1-3H3,(H,19,21). The Hall–Kier alpha value is -1.65. The lowest BCUT2D eigenvalue weighted by atomic mass is 10.1. The first kappa shape index (κ1) is 15.7. The zero-order valence-electron chi connectivity index (χ0n) is 13.3. The summed E-state index contributed by atoms with van der Waals surface area (Å²) in [6.45, 7) is 4.06. The summed E-state index contributed by atoms with van der Waals surface area (Å²) in [4.78, 5) is 21.3. The van der Waals surface area contributed by atoms with Gasteiger partial charge in [0.25, 0.3) is 5.91 Å². The molecule has 1 aliphatic carbocycles. The van der Waals surface area contributed by atoms with Gasteiger partial charge in [-0.15, -0.1) is 0 Å². The smallest absolute Gasteiger partial charge is 0.272 e. The average molecular weight is 290 g/mol. The van der Waals surface area contributed by atoms with Crippen LogP contribution >= 0.6 is 0 Å². The first-order chi connectivity index (χ1) is 10.1. The van der Waals surface area contributed by atoms with Gasteiger partial charge in [-0.25, -0.2) is 9.97 Å². The highest BCUT2D eigenvalue weighted by Gasteiger charge is 2.20. The van der Waals surface area contributed by atoms with Gasteiger partial charge in [-0.2, -0.15) is 0 Å². The molecule has 1 saturated carbocycles. The molecular formula is C16H26N4O. The molecule has 1 aromatic heterocycles. The van der Waals surface area contributed by atoms with Crippen LogP contribution in [0.15, 0.2) is 6.20 Å². The van der Waals surface area contributed by atoms with Crippen molar-refractivity contribution in [3.63, 3.8) is 0 Å². The molecule has 2 N–H and O–H groups in total. The highest BCUT2D eigenvalue weighted by molar-refractivity contribution is 5.97. The third kappa shape index (κ3) is 4.16. The van der Waals surface area contributed by atoms with E-state index in [0.29, 0.717) is 17.2 Å². The van der Waals surface area contributed by atoms with Gasteiger partial charge in [-0.1, -0.05) is 39.5 Å². The number of nitrogens with one attached hydrogen (secondary N) is 2. The minimum Gasteiger partial charge on any atom is -0.385 e. The number of aromatic nitrogens is 2. The number of nitrogens with zero attached hydrogens (tertiary/aromatic N) is 2. The lowest BCUT2D eigenvalue weighted by molar-refractivity contribution is 0.0928. The fourth-order valence-electron chi connectivity index (χ4n) is 2.71. The predicted octanol–water partition coefficient (Wildman–Crippen LogP) is 3.09. The minimum atomic E-state index is -0.0875. The van der Waals surface area contributed by atoms with Crippen LogP contribution in [0.4, 0.5) is 5.69 Å². The molecule has 2 rings (SSSR count). The van der Waals surface area contributed by atoms with E-state index in [-0.39, 0.29) is 17.9 Å². The van der Waals surface area contributed by atoms with Crippen molar-refractivity contribution in [2.75, 3.05) is 12.4 Å². The highest BCUT2D eigenvalue weighted by atomic mass is 16.2. The third-order valence-electron chi connectivity index (χ3n) is 4.00. The Morgan fingerprint density at radius 2 is 1.90 bits per heavy atom. The van der Waals surface area contributed by atoms with Crippen molar-refractivity contribution in [3.8, 4) is 0 Å². The fraction of sp³-hybridized carbons (Fsp3) is 0.688. The quantitative estimate of drug-likeness (QED) is 0.836. The van der Waals surface area contributed by atoms with Crippen molar-refractivity contribution in [3.05, 3.63) is 17.7 Å². The van der Waals surface area contributed by atoms with E-state index < -0.39 is 0 Å². The molecule has 0 bridgehead atoms. The van der Waals surface area contributed by atoms with Gasteiger partial charge in [0.05, 0.1) is 11.9 Å². The average Bonchev–Trinajstić information content (AvgIpc) is 2.75. The number of rotatable bonds is 4. The van der Waals surface area contributed by atoms with E-state index in [1.807, 2.05) is 13.8 Å². The van der Waals surface area contributed by atoms with Gasteiger partial charge in [0.1, 0.15) is 5.82 Å². The molecule has 1 aromatic rings. The van der Waals surface area contributed by atoms with E-state index in [1.54, 1.807) is 13.2 Å². The van der Waals surface area contributed by atoms with Crippen LogP contribution in [0.3, 0.4) is 0 Å². The van der Waals surface area contributed by atoms with Crippen LogP contribution in [0.25, 0.3) is 0 Å². The Balaban J connectivity index is 2.14. The molecule has 116 valence electrons. The summed E-state index contributed by atoms with van der Waals surface area (Å²) >= 11 is 0. The van der Waals surface area contributed by atoms with Crippen molar-refractivity contribution in [2.24, 2.45) is 0 Å². The minimum absolute atomic E-state index is 0.0875. The molecule has 0 aliphatic heterocycles. The largest absolute Gasteiger partial charge is 0.385 e. The fourth-order valence-corrected chi connectivity index (χ4v) is 2.71. The summed E-state index contributed by atoms with van der Waals surface area (Å²) in [6.07, 6.45) is 8.80. The van der Waals surface area contributed by atoms with Crippen LogP contribution in [0.2, 0.25) is 0 Å². The predicted molar refractivity (Wildman–Crippen MR) is 84.6 cm³/mol. The lowest BCUT2D eigenvalue weighted by Crippen LogP contribution is -2.35. The van der Waals surface area contributed by atoms with E-state index in [2.05, 4.69) is 20.6 Å². The Morgan fingerprint density at radius 1 is 1.24 bits per heavy atom. The molecule has 1 fully saturated rings. The Bertz CT molecular complexity index is 479. The lowest BCUT2D eigenvalue weighted by Gasteiger charge is -2.17. The molecule has 1 amide bonds. The monoisotopic (exact) mass is 290 g/mol. The highest BCUT2D eigenvalue weighted by Crippen LogP contribution is 2.19. The van der Waals surface area contributed by atoms with Crippen LogP contribution in [0.5, 0.6) is 0 Å². The SMILES string of the molecule is CNc1cnc(C(C)C)nc1C(=O)NC1CCCCCC1. The maximum atomic E-state index is 12.5. The zero-order valence-corrected chi connectivity index (χ0v) is 13.3. The summed E-state index contributed by atoms with van der Waals surface area (Å²) in [6, 6.07) is 0.280. The van der Waals surface area contributed by atoms with E-state index in [1.165, 1.54) is 25.7 Å². The number of hydrogen-bond donors (Lipinski definition) is 2. The summed E-state index contributed by atoms with van der Waals surface area (Å²) in [7, 11) is 1.79. The van der Waals surface area contributed by atoms with Gasteiger partial charge < -0.3 is 10.6 Å². The van der Waals surface area contributed by atoms with Crippen molar-refractivity contribution >= 4 is 11.6 Å². The van der Waals surface area contributed by atoms with E-state index >= 15 is 0 Å². The van der Waals surface area contributed by atoms with Crippen LogP contribution in [0, 0.1) is 0 Å². The third-order valence-corrected chi connectivity index (χ3v) is 4.00. The topological polar surface area (TPSA) is 66.9 Å². The molecule has 21 heavy (non-hydrogen) atoms. The summed E-state index contributed by atoms with van der Waals surface area (Å²) < 4.78 is 0. The van der Waals surface area contributed by atoms with Crippen molar-refractivity contribution in [1.82, 2.24) is 15.3 Å². The van der Waals surface area contributed by atoms with E-state index in [4.69, 9.17) is 0 Å². The molecule has 5 nitrogen and oxygen atoms in total. The van der Waals surface area contributed by atoms with Gasteiger partial charge >= 0.3 is 0 Å². The molecule has 0 radical (unpaired) electrons. The molecule has 0 saturated heterocycles. The molecule has 0 spiro atoms. The second-order valence-corrected chi connectivity index (χ2v) is 6.06. The van der Waals surface area contributed by atoms with Crippen molar-refractivity contribution < 1.29 is 4.79 Å². The van der Waals surface area contributed by atoms with E-state index in [0.717, 1.165) is 12.8 Å². The Kier molecular flexibility index (Phi) is 5.53. The van der Waals surface area contributed by atoms with Crippen molar-refractivity contribution in [1.29, 1.82) is 0 Å². The summed E-state index contributed by atoms with van der Waals surface area (Å²) in [5.74, 6) is 0.830. The van der Waals surface area contributed by atoms with Gasteiger partial charge in [0.15, 0.2) is 5.69 Å². The second kappa shape index (κ2) is 7.38. The normalized spacial score (nSPS) is 16.6. The maximum absolute atomic E-state index is 12.5. The van der Waals surface area contributed by atoms with Crippen LogP contribution in [0.1, 0.15) is 74.6 Å². The number of anilines is 1. The number of hydrogen-bond acceptors (Lipinski definition) is 4. The number of carbonyl (C=O) groups excluding carboxylic acids is 1. The number of carbonyl (C=O) groups is 1. The van der Waals surface area contributed by atoms with Gasteiger partial charge in [0, 0.05) is 19.0 Å². The van der Waals surface area contributed by atoms with Crippen LogP contribution in [-0.2, 0) is 0 Å². The molecule has 0 unspecified atom stereocenters. The maximum Gasteiger partial charge on any atom is 0.272 e. The summed E-state index contributed by atoms with van der Waals surface area (Å²) in [5, 5.41) is 6.15. The first-order valence-electron chi connectivity index (χ1n) is 7.97. The molecule has 0 aromatic carbocycles. The molecule has 5 heteroatoms. The van der Waals surface area contributed by atoms with Crippen LogP contribution < -0.4 is 10.6 Å². The molecular weight excluding hydrogens is 264 g/mol. The summed E-state index contributed by atoms with van der Waals surface area (Å²) in [5.41, 5.74) is 1.14. The van der Waals surface area contributed by atoms with Gasteiger partial charge in [-0.05, 0) is 12.8 Å². The van der Waals surface area contributed by atoms with Crippen molar-refractivity contribution in [2.45, 2.75) is 64.3 Å². The zero-order chi connectivity index (χ0) is 15.2. The molecule has 1 heterocycles. The first-order valence-corrected chi connectivity index (χ1v) is 7.97. The molecule has 1 aliphatic rings.